The van der Waals surface area contributed by atoms with Crippen LogP contribution in [0, 0.1) is 11.8 Å². The lowest BCUT2D eigenvalue weighted by atomic mass is 9.88. The van der Waals surface area contributed by atoms with Crippen LogP contribution in [-0.2, 0) is 0 Å². The Morgan fingerprint density at radius 3 is 2.55 bits per heavy atom. The fourth-order valence-corrected chi connectivity index (χ4v) is 2.88. The van der Waals surface area contributed by atoms with E-state index in [1.165, 1.54) is 25.1 Å². The highest BCUT2D eigenvalue weighted by atomic mass is 16.5. The molecule has 20 heavy (non-hydrogen) atoms. The van der Waals surface area contributed by atoms with E-state index in [2.05, 4.69) is 30.9 Å². The molecule has 112 valence electrons. The van der Waals surface area contributed by atoms with Crippen LogP contribution < -0.4 is 10.5 Å². The Labute approximate surface area is 123 Å². The fourth-order valence-electron chi connectivity index (χ4n) is 2.88. The fraction of sp³-hybridized carbons (Fsp3) is 0.647. The Bertz CT molecular complexity index is 404. The maximum absolute atomic E-state index is 6.35. The van der Waals surface area contributed by atoms with Crippen molar-refractivity contribution in [2.24, 2.45) is 17.6 Å². The van der Waals surface area contributed by atoms with Crippen LogP contribution in [0.4, 0.5) is 0 Å². The summed E-state index contributed by atoms with van der Waals surface area (Å²) >= 11 is 0. The van der Waals surface area contributed by atoms with Crippen molar-refractivity contribution in [3.8, 4) is 5.75 Å². The Morgan fingerprint density at radius 1 is 1.25 bits per heavy atom. The molecule has 0 bridgehead atoms. The van der Waals surface area contributed by atoms with Crippen molar-refractivity contribution in [1.82, 2.24) is 4.90 Å². The van der Waals surface area contributed by atoms with Crippen molar-refractivity contribution in [2.45, 2.75) is 33.2 Å². The molecule has 0 aliphatic carbocycles. The van der Waals surface area contributed by atoms with Crippen LogP contribution in [0.3, 0.4) is 0 Å². The molecule has 0 amide bonds. The molecule has 1 heterocycles. The molecule has 0 aromatic heterocycles. The maximum Gasteiger partial charge on any atom is 0.119 e. The van der Waals surface area contributed by atoms with Crippen molar-refractivity contribution < 1.29 is 4.74 Å². The topological polar surface area (TPSA) is 38.5 Å². The Balaban J connectivity index is 1.89. The number of nitrogens with two attached hydrogens (primary N) is 1. The van der Waals surface area contributed by atoms with E-state index in [4.69, 9.17) is 10.5 Å². The first-order valence-corrected chi connectivity index (χ1v) is 7.80. The predicted octanol–water partition coefficient (Wildman–Crippen LogP) is 3.06. The number of benzene rings is 1. The minimum atomic E-state index is 0.0892. The summed E-state index contributed by atoms with van der Waals surface area (Å²) in [6.45, 7) is 10.7. The van der Waals surface area contributed by atoms with Crippen molar-refractivity contribution in [3.63, 3.8) is 0 Å². The minimum absolute atomic E-state index is 0.0892. The summed E-state index contributed by atoms with van der Waals surface area (Å²) in [5.74, 6) is 2.54. The van der Waals surface area contributed by atoms with Gasteiger partial charge in [0.2, 0.25) is 0 Å². The SMILES string of the molecule is CCOc1ccc(C(N)CN2CCC(C)C(C)C2)cc1. The summed E-state index contributed by atoms with van der Waals surface area (Å²) in [5, 5.41) is 0. The van der Waals surface area contributed by atoms with Crippen molar-refractivity contribution in [1.29, 1.82) is 0 Å². The minimum Gasteiger partial charge on any atom is -0.494 e. The molecule has 2 N–H and O–H groups in total. The summed E-state index contributed by atoms with van der Waals surface area (Å²) in [7, 11) is 0. The zero-order valence-electron chi connectivity index (χ0n) is 13.0. The Hall–Kier alpha value is -1.06. The van der Waals surface area contributed by atoms with E-state index in [0.717, 1.165) is 24.1 Å². The number of piperidine rings is 1. The number of nitrogens with zero attached hydrogens (tertiary/aromatic N) is 1. The number of likely N-dealkylation sites (tertiary alicyclic amines) is 1. The van der Waals surface area contributed by atoms with E-state index in [-0.39, 0.29) is 6.04 Å². The highest BCUT2D eigenvalue weighted by Crippen LogP contribution is 2.24. The van der Waals surface area contributed by atoms with Gasteiger partial charge in [0, 0.05) is 19.1 Å². The second-order valence-electron chi connectivity index (χ2n) is 6.11. The molecule has 0 spiro atoms. The van der Waals surface area contributed by atoms with E-state index in [0.29, 0.717) is 6.61 Å². The third kappa shape index (κ3) is 3.97. The van der Waals surface area contributed by atoms with Gasteiger partial charge in [0.25, 0.3) is 0 Å². The van der Waals surface area contributed by atoms with Gasteiger partial charge < -0.3 is 15.4 Å². The molecule has 1 aromatic carbocycles. The average molecular weight is 276 g/mol. The normalized spacial score (nSPS) is 25.4. The zero-order chi connectivity index (χ0) is 14.5. The molecule has 1 aliphatic rings. The molecule has 0 radical (unpaired) electrons. The molecule has 1 aromatic rings. The lowest BCUT2D eigenvalue weighted by Gasteiger charge is -2.36. The summed E-state index contributed by atoms with van der Waals surface area (Å²) in [6.07, 6.45) is 1.29. The van der Waals surface area contributed by atoms with Gasteiger partial charge in [-0.3, -0.25) is 0 Å². The number of hydrogen-bond donors (Lipinski definition) is 1. The average Bonchev–Trinajstić information content (AvgIpc) is 2.44. The van der Waals surface area contributed by atoms with Crippen molar-refractivity contribution in [2.75, 3.05) is 26.2 Å². The van der Waals surface area contributed by atoms with E-state index < -0.39 is 0 Å². The molecule has 3 unspecified atom stereocenters. The van der Waals surface area contributed by atoms with Gasteiger partial charge in [-0.15, -0.1) is 0 Å². The first kappa shape index (κ1) is 15.3. The third-order valence-corrected chi connectivity index (χ3v) is 4.49. The van der Waals surface area contributed by atoms with Gasteiger partial charge >= 0.3 is 0 Å². The zero-order valence-corrected chi connectivity index (χ0v) is 13.0. The second-order valence-corrected chi connectivity index (χ2v) is 6.11. The van der Waals surface area contributed by atoms with Gasteiger partial charge in [-0.1, -0.05) is 26.0 Å². The molecule has 1 fully saturated rings. The summed E-state index contributed by atoms with van der Waals surface area (Å²) in [6, 6.07) is 8.29. The molecule has 1 aliphatic heterocycles. The molecule has 3 heteroatoms. The van der Waals surface area contributed by atoms with E-state index in [9.17, 15) is 0 Å². The van der Waals surface area contributed by atoms with Crippen molar-refractivity contribution in [3.05, 3.63) is 29.8 Å². The standard InChI is InChI=1S/C17H28N2O/c1-4-20-16-7-5-15(6-8-16)17(18)12-19-10-9-13(2)14(3)11-19/h5-8,13-14,17H,4,9-12,18H2,1-3H3. The molecule has 2 rings (SSSR count). The largest absolute Gasteiger partial charge is 0.494 e. The smallest absolute Gasteiger partial charge is 0.119 e. The number of rotatable bonds is 5. The number of ether oxygens (including phenoxy) is 1. The highest BCUT2D eigenvalue weighted by molar-refractivity contribution is 5.29. The van der Waals surface area contributed by atoms with Crippen LogP contribution in [0.5, 0.6) is 5.75 Å². The Morgan fingerprint density at radius 2 is 1.95 bits per heavy atom. The van der Waals surface area contributed by atoms with Crippen molar-refractivity contribution >= 4 is 0 Å². The summed E-state index contributed by atoms with van der Waals surface area (Å²) in [4.78, 5) is 2.51. The second kappa shape index (κ2) is 7.09. The molecule has 3 nitrogen and oxygen atoms in total. The summed E-state index contributed by atoms with van der Waals surface area (Å²) in [5.41, 5.74) is 7.54. The third-order valence-electron chi connectivity index (χ3n) is 4.49. The van der Waals surface area contributed by atoms with Gasteiger partial charge in [0.05, 0.1) is 6.61 Å². The van der Waals surface area contributed by atoms with Gasteiger partial charge in [0.1, 0.15) is 5.75 Å². The highest BCUT2D eigenvalue weighted by Gasteiger charge is 2.23. The maximum atomic E-state index is 6.35. The van der Waals surface area contributed by atoms with Crippen LogP contribution in [0.1, 0.15) is 38.8 Å². The van der Waals surface area contributed by atoms with Crippen LogP contribution in [0.15, 0.2) is 24.3 Å². The van der Waals surface area contributed by atoms with Crippen LogP contribution in [0.25, 0.3) is 0 Å². The van der Waals surface area contributed by atoms with Gasteiger partial charge in [-0.2, -0.15) is 0 Å². The molecular weight excluding hydrogens is 248 g/mol. The summed E-state index contributed by atoms with van der Waals surface area (Å²) < 4.78 is 5.47. The van der Waals surface area contributed by atoms with Crippen LogP contribution in [0.2, 0.25) is 0 Å². The van der Waals surface area contributed by atoms with E-state index >= 15 is 0 Å². The lowest BCUT2D eigenvalue weighted by molar-refractivity contribution is 0.132. The molecule has 3 atom stereocenters. The van der Waals surface area contributed by atoms with Gasteiger partial charge in [0.15, 0.2) is 0 Å². The predicted molar refractivity (Wildman–Crippen MR) is 83.9 cm³/mol. The Kier molecular flexibility index (Phi) is 5.44. The monoisotopic (exact) mass is 276 g/mol. The first-order chi connectivity index (χ1) is 9.60. The number of hydrogen-bond acceptors (Lipinski definition) is 3. The molecule has 0 saturated carbocycles. The van der Waals surface area contributed by atoms with E-state index in [1.54, 1.807) is 0 Å². The lowest BCUT2D eigenvalue weighted by Crippen LogP contribution is -2.41. The van der Waals surface area contributed by atoms with E-state index in [1.807, 2.05) is 19.1 Å². The van der Waals surface area contributed by atoms with Crippen LogP contribution >= 0.6 is 0 Å². The van der Waals surface area contributed by atoms with Gasteiger partial charge in [-0.25, -0.2) is 0 Å². The van der Waals surface area contributed by atoms with Crippen LogP contribution in [-0.4, -0.2) is 31.1 Å². The molecule has 1 saturated heterocycles. The quantitative estimate of drug-likeness (QED) is 0.898. The van der Waals surface area contributed by atoms with Gasteiger partial charge in [-0.05, 0) is 49.4 Å². The molecular formula is C17H28N2O. The first-order valence-electron chi connectivity index (χ1n) is 7.80.